The van der Waals surface area contributed by atoms with Crippen molar-refractivity contribution >= 4 is 21.4 Å². The van der Waals surface area contributed by atoms with Crippen LogP contribution in [0.2, 0.25) is 0 Å². The van der Waals surface area contributed by atoms with Crippen molar-refractivity contribution < 1.29 is 0 Å². The van der Waals surface area contributed by atoms with Crippen molar-refractivity contribution in [2.75, 3.05) is 6.54 Å². The standard InChI is InChI=1S/C16H21NS/c1-11-14-5-3-4-6-15(14)18-16(11)12(2)17-10-9-13-7-8-13/h3-6,12-13,17H,7-10H2,1-2H3. The van der Waals surface area contributed by atoms with E-state index in [2.05, 4.69) is 43.4 Å². The minimum absolute atomic E-state index is 0.487. The van der Waals surface area contributed by atoms with Gasteiger partial charge < -0.3 is 5.32 Å². The van der Waals surface area contributed by atoms with E-state index >= 15 is 0 Å². The number of fused-ring (bicyclic) bond motifs is 1. The fraction of sp³-hybridized carbons (Fsp3) is 0.500. The molecular formula is C16H21NS. The number of thiophene rings is 1. The SMILES string of the molecule is Cc1c(C(C)NCCC2CC2)sc2ccccc12. The summed E-state index contributed by atoms with van der Waals surface area (Å²) in [6.45, 7) is 5.72. The normalized spacial score (nSPS) is 17.2. The van der Waals surface area contributed by atoms with Gasteiger partial charge in [-0.05, 0) is 49.7 Å². The molecule has 96 valence electrons. The third-order valence-electron chi connectivity index (χ3n) is 3.97. The lowest BCUT2D eigenvalue weighted by atomic mass is 10.1. The summed E-state index contributed by atoms with van der Waals surface area (Å²) in [5.74, 6) is 1.02. The lowest BCUT2D eigenvalue weighted by Crippen LogP contribution is -2.19. The molecule has 2 heteroatoms. The Hall–Kier alpha value is -0.860. The number of rotatable bonds is 5. The molecule has 1 aliphatic rings. The molecule has 0 aliphatic heterocycles. The van der Waals surface area contributed by atoms with E-state index in [9.17, 15) is 0 Å². The van der Waals surface area contributed by atoms with E-state index in [0.29, 0.717) is 6.04 Å². The molecule has 2 aromatic rings. The summed E-state index contributed by atoms with van der Waals surface area (Å²) in [6.07, 6.45) is 4.27. The van der Waals surface area contributed by atoms with Crippen molar-refractivity contribution in [2.45, 2.75) is 39.2 Å². The van der Waals surface area contributed by atoms with Crippen LogP contribution in [0, 0.1) is 12.8 Å². The summed E-state index contributed by atoms with van der Waals surface area (Å²) in [7, 11) is 0. The third kappa shape index (κ3) is 2.45. The second kappa shape index (κ2) is 5.02. The van der Waals surface area contributed by atoms with E-state index in [1.807, 2.05) is 11.3 Å². The molecule has 1 unspecified atom stereocenters. The molecule has 0 spiro atoms. The summed E-state index contributed by atoms with van der Waals surface area (Å²) in [6, 6.07) is 9.22. The molecule has 18 heavy (non-hydrogen) atoms. The van der Waals surface area contributed by atoms with Gasteiger partial charge in [0.15, 0.2) is 0 Å². The summed E-state index contributed by atoms with van der Waals surface area (Å²) in [4.78, 5) is 1.51. The number of hydrogen-bond acceptors (Lipinski definition) is 2. The van der Waals surface area contributed by atoms with Gasteiger partial charge in [-0.15, -0.1) is 11.3 Å². The van der Waals surface area contributed by atoms with Gasteiger partial charge in [0.25, 0.3) is 0 Å². The van der Waals surface area contributed by atoms with Crippen LogP contribution in [0.3, 0.4) is 0 Å². The Balaban J connectivity index is 1.73. The largest absolute Gasteiger partial charge is 0.309 e. The molecule has 1 atom stereocenters. The highest BCUT2D eigenvalue weighted by Gasteiger charge is 2.21. The van der Waals surface area contributed by atoms with Crippen LogP contribution >= 0.6 is 11.3 Å². The molecule has 1 aliphatic carbocycles. The highest BCUT2D eigenvalue weighted by molar-refractivity contribution is 7.19. The van der Waals surface area contributed by atoms with Gasteiger partial charge >= 0.3 is 0 Å². The van der Waals surface area contributed by atoms with Gasteiger partial charge in [0.2, 0.25) is 0 Å². The molecule has 0 saturated heterocycles. The van der Waals surface area contributed by atoms with E-state index in [1.54, 1.807) is 0 Å². The first-order valence-electron chi connectivity index (χ1n) is 6.97. The van der Waals surface area contributed by atoms with Gasteiger partial charge in [0.1, 0.15) is 0 Å². The Labute approximate surface area is 113 Å². The zero-order chi connectivity index (χ0) is 12.5. The van der Waals surface area contributed by atoms with E-state index in [0.717, 1.165) is 5.92 Å². The number of nitrogens with one attached hydrogen (secondary N) is 1. The summed E-state index contributed by atoms with van der Waals surface area (Å²) >= 11 is 1.94. The highest BCUT2D eigenvalue weighted by Crippen LogP contribution is 2.35. The van der Waals surface area contributed by atoms with E-state index in [-0.39, 0.29) is 0 Å². The second-order valence-electron chi connectivity index (χ2n) is 5.50. The summed E-state index contributed by atoms with van der Waals surface area (Å²) in [5.41, 5.74) is 1.46. The molecule has 1 saturated carbocycles. The van der Waals surface area contributed by atoms with E-state index in [1.165, 1.54) is 46.3 Å². The van der Waals surface area contributed by atoms with Gasteiger partial charge in [-0.1, -0.05) is 31.0 Å². The minimum Gasteiger partial charge on any atom is -0.309 e. The number of benzene rings is 1. The van der Waals surface area contributed by atoms with Crippen LogP contribution in [0.25, 0.3) is 10.1 Å². The molecule has 0 amide bonds. The maximum Gasteiger partial charge on any atom is 0.0389 e. The highest BCUT2D eigenvalue weighted by atomic mass is 32.1. The maximum atomic E-state index is 3.68. The fourth-order valence-corrected chi connectivity index (χ4v) is 3.85. The van der Waals surface area contributed by atoms with Crippen LogP contribution in [0.4, 0.5) is 0 Å². The average Bonchev–Trinajstić information content (AvgIpc) is 3.14. The van der Waals surface area contributed by atoms with Crippen molar-refractivity contribution in [1.82, 2.24) is 5.32 Å². The predicted octanol–water partition coefficient (Wildman–Crippen LogP) is 4.66. The molecule has 1 fully saturated rings. The topological polar surface area (TPSA) is 12.0 Å². The molecule has 3 rings (SSSR count). The van der Waals surface area contributed by atoms with Gasteiger partial charge in [-0.2, -0.15) is 0 Å². The van der Waals surface area contributed by atoms with E-state index in [4.69, 9.17) is 0 Å². The molecule has 0 radical (unpaired) electrons. The minimum atomic E-state index is 0.487. The molecule has 0 bridgehead atoms. The fourth-order valence-electron chi connectivity index (χ4n) is 2.61. The van der Waals surface area contributed by atoms with Gasteiger partial charge in [0, 0.05) is 15.6 Å². The summed E-state index contributed by atoms with van der Waals surface area (Å²) < 4.78 is 1.42. The third-order valence-corrected chi connectivity index (χ3v) is 5.43. The maximum absolute atomic E-state index is 3.68. The van der Waals surface area contributed by atoms with Gasteiger partial charge in [-0.25, -0.2) is 0 Å². The molecular weight excluding hydrogens is 238 g/mol. The Morgan fingerprint density at radius 1 is 1.33 bits per heavy atom. The first kappa shape index (κ1) is 12.2. The van der Waals surface area contributed by atoms with Crippen molar-refractivity contribution in [3.05, 3.63) is 34.7 Å². The van der Waals surface area contributed by atoms with Crippen molar-refractivity contribution in [2.24, 2.45) is 5.92 Å². The Kier molecular flexibility index (Phi) is 3.40. The van der Waals surface area contributed by atoms with E-state index < -0.39 is 0 Å². The molecule has 1 N–H and O–H groups in total. The van der Waals surface area contributed by atoms with Crippen molar-refractivity contribution in [3.8, 4) is 0 Å². The first-order chi connectivity index (χ1) is 8.75. The number of aryl methyl sites for hydroxylation is 1. The zero-order valence-electron chi connectivity index (χ0n) is 11.2. The molecule has 1 nitrogen and oxygen atoms in total. The monoisotopic (exact) mass is 259 g/mol. The average molecular weight is 259 g/mol. The Morgan fingerprint density at radius 3 is 2.83 bits per heavy atom. The molecule has 1 heterocycles. The zero-order valence-corrected chi connectivity index (χ0v) is 12.0. The lowest BCUT2D eigenvalue weighted by Gasteiger charge is -2.13. The quantitative estimate of drug-likeness (QED) is 0.823. The van der Waals surface area contributed by atoms with Crippen LogP contribution in [-0.2, 0) is 0 Å². The number of hydrogen-bond donors (Lipinski definition) is 1. The first-order valence-corrected chi connectivity index (χ1v) is 7.79. The summed E-state index contributed by atoms with van der Waals surface area (Å²) in [5, 5.41) is 5.11. The Morgan fingerprint density at radius 2 is 2.11 bits per heavy atom. The second-order valence-corrected chi connectivity index (χ2v) is 6.58. The molecule has 1 aromatic heterocycles. The predicted molar refractivity (Wildman–Crippen MR) is 80.3 cm³/mol. The van der Waals surface area contributed by atoms with Crippen LogP contribution in [-0.4, -0.2) is 6.54 Å². The van der Waals surface area contributed by atoms with Crippen LogP contribution in [0.15, 0.2) is 24.3 Å². The lowest BCUT2D eigenvalue weighted by molar-refractivity contribution is 0.544. The smallest absolute Gasteiger partial charge is 0.0389 e. The molecule has 1 aromatic carbocycles. The van der Waals surface area contributed by atoms with Crippen LogP contribution < -0.4 is 5.32 Å². The van der Waals surface area contributed by atoms with Gasteiger partial charge in [-0.3, -0.25) is 0 Å². The Bertz CT molecular complexity index is 539. The van der Waals surface area contributed by atoms with Crippen LogP contribution in [0.5, 0.6) is 0 Å². The van der Waals surface area contributed by atoms with Crippen molar-refractivity contribution in [3.63, 3.8) is 0 Å². The van der Waals surface area contributed by atoms with Crippen LogP contribution in [0.1, 0.15) is 42.7 Å². The van der Waals surface area contributed by atoms with Gasteiger partial charge in [0.05, 0.1) is 0 Å². The van der Waals surface area contributed by atoms with Crippen molar-refractivity contribution in [1.29, 1.82) is 0 Å².